The number of nitrogens with zero attached hydrogens (tertiary/aromatic N) is 3. The SMILES string of the molecule is C=CCSc1nnc2c(n1)O[C@H](c1cc(Cl)c(OCc3ccccc3)c(OCC)c1)Nc1ccc(Br)cc1-2. The first-order valence-corrected chi connectivity index (χ1v) is 14.1. The van der Waals surface area contributed by atoms with Crippen LogP contribution in [0, 0.1) is 0 Å². The Balaban J connectivity index is 1.52. The number of fused-ring (bicyclic) bond motifs is 3. The van der Waals surface area contributed by atoms with Crippen molar-refractivity contribution in [2.45, 2.75) is 24.9 Å². The number of ether oxygens (including phenoxy) is 3. The summed E-state index contributed by atoms with van der Waals surface area (Å²) in [5.74, 6) is 2.02. The number of nitrogens with one attached hydrogen (secondary N) is 1. The van der Waals surface area contributed by atoms with Gasteiger partial charge in [0.25, 0.3) is 0 Å². The molecule has 1 aliphatic heterocycles. The zero-order valence-electron chi connectivity index (χ0n) is 20.5. The second kappa shape index (κ2) is 12.1. The molecule has 0 saturated heterocycles. The summed E-state index contributed by atoms with van der Waals surface area (Å²) < 4.78 is 19.3. The van der Waals surface area contributed by atoms with Crippen LogP contribution in [-0.2, 0) is 6.61 Å². The van der Waals surface area contributed by atoms with E-state index in [1.54, 1.807) is 6.08 Å². The molecule has 194 valence electrons. The topological polar surface area (TPSA) is 78.4 Å². The standard InChI is InChI=1S/C28H24BrClN4O3S/c1-3-12-38-28-32-27-24(33-34-28)20-15-19(29)10-11-22(20)31-26(37-27)18-13-21(30)25(23(14-18)35-4-2)36-16-17-8-6-5-7-9-17/h3,5-11,13-15,26,31H,1,4,12,16H2,2H3/t26-/m1/s1. The third-order valence-electron chi connectivity index (χ3n) is 5.58. The second-order valence-electron chi connectivity index (χ2n) is 8.22. The van der Waals surface area contributed by atoms with Gasteiger partial charge in [0.05, 0.1) is 11.6 Å². The molecule has 0 unspecified atom stereocenters. The van der Waals surface area contributed by atoms with Crippen molar-refractivity contribution >= 4 is 45.0 Å². The van der Waals surface area contributed by atoms with Crippen LogP contribution in [0.15, 0.2) is 82.9 Å². The number of hydrogen-bond donors (Lipinski definition) is 1. The highest BCUT2D eigenvalue weighted by atomic mass is 79.9. The number of halogens is 2. The van der Waals surface area contributed by atoms with Crippen LogP contribution in [0.4, 0.5) is 5.69 Å². The molecule has 2 heterocycles. The third kappa shape index (κ3) is 5.90. The fourth-order valence-corrected chi connectivity index (χ4v) is 5.04. The molecule has 38 heavy (non-hydrogen) atoms. The predicted molar refractivity (Wildman–Crippen MR) is 154 cm³/mol. The van der Waals surface area contributed by atoms with Crippen LogP contribution in [0.25, 0.3) is 11.3 Å². The van der Waals surface area contributed by atoms with Crippen LogP contribution in [-0.4, -0.2) is 27.5 Å². The quantitative estimate of drug-likeness (QED) is 0.152. The van der Waals surface area contributed by atoms with Crippen molar-refractivity contribution in [3.05, 3.63) is 93.9 Å². The van der Waals surface area contributed by atoms with Crippen molar-refractivity contribution in [2.24, 2.45) is 0 Å². The first-order chi connectivity index (χ1) is 18.6. The summed E-state index contributed by atoms with van der Waals surface area (Å²) in [6.45, 7) is 6.48. The Hall–Kier alpha value is -3.27. The summed E-state index contributed by atoms with van der Waals surface area (Å²) >= 11 is 11.7. The van der Waals surface area contributed by atoms with Crippen LogP contribution in [0.2, 0.25) is 5.02 Å². The number of hydrogen-bond acceptors (Lipinski definition) is 8. The van der Waals surface area contributed by atoms with Crippen LogP contribution in [0.3, 0.4) is 0 Å². The van der Waals surface area contributed by atoms with E-state index in [4.69, 9.17) is 25.8 Å². The van der Waals surface area contributed by atoms with E-state index < -0.39 is 6.23 Å². The zero-order valence-corrected chi connectivity index (χ0v) is 23.6. The Labute approximate surface area is 238 Å². The number of thioether (sulfide) groups is 1. The maximum absolute atomic E-state index is 6.75. The van der Waals surface area contributed by atoms with Gasteiger partial charge in [-0.1, -0.05) is 75.7 Å². The van der Waals surface area contributed by atoms with Gasteiger partial charge in [-0.3, -0.25) is 0 Å². The van der Waals surface area contributed by atoms with E-state index in [1.807, 2.05) is 67.6 Å². The van der Waals surface area contributed by atoms with E-state index in [9.17, 15) is 0 Å². The molecule has 0 amide bonds. The minimum absolute atomic E-state index is 0.361. The van der Waals surface area contributed by atoms with E-state index in [0.717, 1.165) is 26.9 Å². The Morgan fingerprint density at radius 2 is 1.97 bits per heavy atom. The highest BCUT2D eigenvalue weighted by Gasteiger charge is 2.28. The van der Waals surface area contributed by atoms with Crippen LogP contribution in [0.5, 0.6) is 17.4 Å². The molecule has 7 nitrogen and oxygen atoms in total. The fraction of sp³-hybridized carbons (Fsp3) is 0.179. The second-order valence-corrected chi connectivity index (χ2v) is 10.5. The van der Waals surface area contributed by atoms with Gasteiger partial charge in [-0.25, -0.2) is 0 Å². The fourth-order valence-electron chi connectivity index (χ4n) is 3.89. The molecule has 5 rings (SSSR count). The number of benzene rings is 3. The monoisotopic (exact) mass is 610 g/mol. The third-order valence-corrected chi connectivity index (χ3v) is 7.19. The number of rotatable bonds is 9. The van der Waals surface area contributed by atoms with E-state index in [2.05, 4.69) is 43.0 Å². The van der Waals surface area contributed by atoms with Crippen molar-refractivity contribution in [2.75, 3.05) is 17.7 Å². The molecule has 1 aliphatic rings. The lowest BCUT2D eigenvalue weighted by Gasteiger charge is -2.22. The molecule has 0 fully saturated rings. The molecule has 1 N–H and O–H groups in total. The summed E-state index contributed by atoms with van der Waals surface area (Å²) in [6, 6.07) is 19.4. The van der Waals surface area contributed by atoms with E-state index >= 15 is 0 Å². The molecule has 10 heteroatoms. The van der Waals surface area contributed by atoms with Crippen molar-refractivity contribution in [3.63, 3.8) is 0 Å². The first kappa shape index (κ1) is 26.3. The molecular formula is C28H24BrClN4O3S. The summed E-state index contributed by atoms with van der Waals surface area (Å²) in [6.07, 6.45) is 1.15. The number of anilines is 1. The molecule has 0 aliphatic carbocycles. The summed E-state index contributed by atoms with van der Waals surface area (Å²) in [5.41, 5.74) is 3.94. The lowest BCUT2D eigenvalue weighted by atomic mass is 10.1. The van der Waals surface area contributed by atoms with Gasteiger partial charge in [-0.15, -0.1) is 16.8 Å². The number of aromatic nitrogens is 3. The largest absolute Gasteiger partial charge is 0.490 e. The Bertz CT molecular complexity index is 1460. The maximum atomic E-state index is 6.75. The molecule has 0 spiro atoms. The Morgan fingerprint density at radius 1 is 1.13 bits per heavy atom. The van der Waals surface area contributed by atoms with E-state index in [1.165, 1.54) is 11.8 Å². The summed E-state index contributed by atoms with van der Waals surface area (Å²) in [4.78, 5) is 4.65. The molecule has 4 aromatic rings. The average Bonchev–Trinajstić information content (AvgIpc) is 3.08. The smallest absolute Gasteiger partial charge is 0.247 e. The molecule has 1 aromatic heterocycles. The molecule has 0 radical (unpaired) electrons. The maximum Gasteiger partial charge on any atom is 0.247 e. The highest BCUT2D eigenvalue weighted by molar-refractivity contribution is 9.10. The lowest BCUT2D eigenvalue weighted by Crippen LogP contribution is -2.17. The zero-order chi connectivity index (χ0) is 26.5. The van der Waals surface area contributed by atoms with Crippen LogP contribution < -0.4 is 19.5 Å². The molecular weight excluding hydrogens is 588 g/mol. The molecule has 1 atom stereocenters. The summed E-state index contributed by atoms with van der Waals surface area (Å²) in [7, 11) is 0. The van der Waals surface area contributed by atoms with Gasteiger partial charge in [-0.05, 0) is 42.8 Å². The van der Waals surface area contributed by atoms with Gasteiger partial charge in [0.2, 0.25) is 11.0 Å². The molecule has 3 aromatic carbocycles. The minimum atomic E-state index is -0.634. The van der Waals surface area contributed by atoms with Gasteiger partial charge < -0.3 is 19.5 Å². The van der Waals surface area contributed by atoms with Gasteiger partial charge >= 0.3 is 0 Å². The minimum Gasteiger partial charge on any atom is -0.490 e. The van der Waals surface area contributed by atoms with Gasteiger partial charge in [0.1, 0.15) is 6.61 Å². The van der Waals surface area contributed by atoms with Crippen molar-refractivity contribution in [1.82, 2.24) is 15.2 Å². The van der Waals surface area contributed by atoms with Gasteiger partial charge in [0.15, 0.2) is 23.4 Å². The first-order valence-electron chi connectivity index (χ1n) is 11.9. The normalized spacial score (nSPS) is 13.8. The van der Waals surface area contributed by atoms with Crippen molar-refractivity contribution in [3.8, 4) is 28.6 Å². The highest BCUT2D eigenvalue weighted by Crippen LogP contribution is 2.44. The predicted octanol–water partition coefficient (Wildman–Crippen LogP) is 7.71. The van der Waals surface area contributed by atoms with E-state index in [0.29, 0.717) is 52.2 Å². The average molecular weight is 612 g/mol. The van der Waals surface area contributed by atoms with Crippen LogP contribution in [0.1, 0.15) is 24.3 Å². The van der Waals surface area contributed by atoms with Crippen LogP contribution >= 0.6 is 39.3 Å². The van der Waals surface area contributed by atoms with Crippen molar-refractivity contribution in [1.29, 1.82) is 0 Å². The van der Waals surface area contributed by atoms with Crippen molar-refractivity contribution < 1.29 is 14.2 Å². The van der Waals surface area contributed by atoms with Gasteiger partial charge in [0, 0.05) is 27.0 Å². The van der Waals surface area contributed by atoms with E-state index in [-0.39, 0.29) is 0 Å². The Kier molecular flexibility index (Phi) is 8.36. The summed E-state index contributed by atoms with van der Waals surface area (Å²) in [5, 5.41) is 13.1. The molecule has 0 saturated carbocycles. The molecule has 0 bridgehead atoms. The van der Waals surface area contributed by atoms with Gasteiger partial charge in [-0.2, -0.15) is 4.98 Å². The lowest BCUT2D eigenvalue weighted by molar-refractivity contribution is 0.223. The Morgan fingerprint density at radius 3 is 2.76 bits per heavy atom.